The Morgan fingerprint density at radius 3 is 0.957 bits per heavy atom. The number of rotatable bonds is 55. The van der Waals surface area contributed by atoms with Crippen LogP contribution >= 0.6 is 0 Å². The number of carbonyl (C=O) groups excluding carboxylic acids is 1. The van der Waals surface area contributed by atoms with Crippen LogP contribution in [0.5, 0.6) is 0 Å². The lowest BCUT2D eigenvalue weighted by Gasteiger charge is -2.20. The molecule has 0 aliphatic carbocycles. The normalized spacial score (nSPS) is 13.4. The van der Waals surface area contributed by atoms with Crippen LogP contribution in [0.15, 0.2) is 85.1 Å². The van der Waals surface area contributed by atoms with Crippen LogP contribution in [-0.2, 0) is 4.79 Å². The highest BCUT2D eigenvalue weighted by atomic mass is 16.3. The van der Waals surface area contributed by atoms with Crippen molar-refractivity contribution in [2.45, 2.75) is 315 Å². The summed E-state index contributed by atoms with van der Waals surface area (Å²) >= 11 is 0. The molecule has 1 amide bonds. The third-order valence-corrected chi connectivity index (χ3v) is 13.6. The smallest absolute Gasteiger partial charge is 0.220 e. The van der Waals surface area contributed by atoms with E-state index in [-0.39, 0.29) is 12.5 Å². The van der Waals surface area contributed by atoms with Crippen LogP contribution in [0.1, 0.15) is 303 Å². The second-order valence-corrected chi connectivity index (χ2v) is 20.4. The Hall–Kier alpha value is -2.43. The van der Waals surface area contributed by atoms with Crippen LogP contribution in [-0.4, -0.2) is 34.9 Å². The Balaban J connectivity index is 3.52. The van der Waals surface area contributed by atoms with Gasteiger partial charge in [0, 0.05) is 6.42 Å². The monoisotopic (exact) mass is 960 g/mol. The Kier molecular flexibility index (Phi) is 57.8. The number of amides is 1. The number of carbonyl (C=O) groups is 1. The molecular weight excluding hydrogens is 843 g/mol. The van der Waals surface area contributed by atoms with E-state index in [0.29, 0.717) is 6.42 Å². The number of hydrogen-bond acceptors (Lipinski definition) is 3. The third kappa shape index (κ3) is 56.4. The van der Waals surface area contributed by atoms with Crippen molar-refractivity contribution < 1.29 is 15.0 Å². The molecule has 0 fully saturated rings. The summed E-state index contributed by atoms with van der Waals surface area (Å²) in [6.45, 7) is 4.22. The maximum absolute atomic E-state index is 12.5. The summed E-state index contributed by atoms with van der Waals surface area (Å²) in [5, 5.41) is 23.2. The minimum Gasteiger partial charge on any atom is -0.394 e. The zero-order valence-corrected chi connectivity index (χ0v) is 46.1. The van der Waals surface area contributed by atoms with Gasteiger partial charge in [0.15, 0.2) is 0 Å². The molecule has 0 radical (unpaired) electrons. The van der Waals surface area contributed by atoms with Crippen LogP contribution < -0.4 is 5.32 Å². The highest BCUT2D eigenvalue weighted by molar-refractivity contribution is 5.76. The number of allylic oxidation sites excluding steroid dienone is 13. The van der Waals surface area contributed by atoms with E-state index >= 15 is 0 Å². The molecule has 3 N–H and O–H groups in total. The second kappa shape index (κ2) is 59.9. The van der Waals surface area contributed by atoms with Crippen molar-refractivity contribution in [3.05, 3.63) is 85.1 Å². The van der Waals surface area contributed by atoms with Gasteiger partial charge in [0.25, 0.3) is 0 Å². The predicted octanol–water partition coefficient (Wildman–Crippen LogP) is 20.3. The molecule has 2 unspecified atom stereocenters. The van der Waals surface area contributed by atoms with Gasteiger partial charge in [0.05, 0.1) is 18.8 Å². The maximum Gasteiger partial charge on any atom is 0.220 e. The Labute approximate surface area is 431 Å². The number of nitrogens with one attached hydrogen (secondary N) is 1. The van der Waals surface area contributed by atoms with E-state index < -0.39 is 12.1 Å². The fourth-order valence-electron chi connectivity index (χ4n) is 9.07. The first-order valence-corrected chi connectivity index (χ1v) is 30.3. The molecular formula is C65H117NO3. The average molecular weight is 961 g/mol. The summed E-state index contributed by atoms with van der Waals surface area (Å²) in [4.78, 5) is 12.5. The largest absolute Gasteiger partial charge is 0.394 e. The summed E-state index contributed by atoms with van der Waals surface area (Å²) in [5.74, 6) is -0.0686. The van der Waals surface area contributed by atoms with E-state index in [1.165, 1.54) is 218 Å². The van der Waals surface area contributed by atoms with E-state index in [2.05, 4.69) is 92.1 Å². The second-order valence-electron chi connectivity index (χ2n) is 20.4. The molecule has 0 rings (SSSR count). The molecule has 0 saturated carbocycles. The van der Waals surface area contributed by atoms with Crippen molar-refractivity contribution in [2.75, 3.05) is 6.61 Å². The number of unbranched alkanes of at least 4 members (excludes halogenated alkanes) is 36. The summed E-state index contributed by atoms with van der Waals surface area (Å²) in [6.07, 6.45) is 87.6. The predicted molar refractivity (Wildman–Crippen MR) is 308 cm³/mol. The van der Waals surface area contributed by atoms with E-state index in [1.54, 1.807) is 6.08 Å². The zero-order chi connectivity index (χ0) is 49.9. The van der Waals surface area contributed by atoms with Crippen LogP contribution in [0.25, 0.3) is 0 Å². The fourth-order valence-corrected chi connectivity index (χ4v) is 9.07. The van der Waals surface area contributed by atoms with Crippen molar-refractivity contribution in [3.63, 3.8) is 0 Å². The Morgan fingerprint density at radius 2 is 0.638 bits per heavy atom. The van der Waals surface area contributed by atoms with E-state index in [9.17, 15) is 15.0 Å². The molecule has 0 aromatic carbocycles. The Morgan fingerprint density at radius 1 is 0.362 bits per heavy atom. The van der Waals surface area contributed by atoms with Crippen molar-refractivity contribution in [1.29, 1.82) is 0 Å². The first-order valence-electron chi connectivity index (χ1n) is 30.3. The lowest BCUT2D eigenvalue weighted by Crippen LogP contribution is -2.45. The third-order valence-electron chi connectivity index (χ3n) is 13.6. The maximum atomic E-state index is 12.5. The van der Waals surface area contributed by atoms with E-state index in [4.69, 9.17) is 0 Å². The average Bonchev–Trinajstić information content (AvgIpc) is 3.35. The van der Waals surface area contributed by atoms with Gasteiger partial charge in [-0.1, -0.05) is 311 Å². The minimum atomic E-state index is -0.848. The van der Waals surface area contributed by atoms with E-state index in [0.717, 1.165) is 64.2 Å². The molecule has 0 aliphatic heterocycles. The Bertz CT molecular complexity index is 1230. The van der Waals surface area contributed by atoms with Gasteiger partial charge in [-0.15, -0.1) is 0 Å². The quantitative estimate of drug-likeness (QED) is 0.0420. The molecule has 0 aromatic heterocycles. The van der Waals surface area contributed by atoms with Gasteiger partial charge in [-0.05, 0) is 70.6 Å². The summed E-state index contributed by atoms with van der Waals surface area (Å²) in [6, 6.07) is -0.631. The fraction of sp³-hybridized carbons (Fsp3) is 0.769. The molecule has 0 saturated heterocycles. The number of aliphatic hydroxyl groups excluding tert-OH is 2. The van der Waals surface area contributed by atoms with E-state index in [1.807, 2.05) is 6.08 Å². The number of hydrogen-bond donors (Lipinski definition) is 3. The lowest BCUT2D eigenvalue weighted by molar-refractivity contribution is -0.123. The molecule has 2 atom stereocenters. The van der Waals surface area contributed by atoms with Crippen molar-refractivity contribution in [3.8, 4) is 0 Å². The van der Waals surface area contributed by atoms with Gasteiger partial charge in [0.2, 0.25) is 5.91 Å². The molecule has 0 bridgehead atoms. The highest BCUT2D eigenvalue weighted by Gasteiger charge is 2.18. The van der Waals surface area contributed by atoms with Crippen molar-refractivity contribution >= 4 is 5.91 Å². The molecule has 0 heterocycles. The summed E-state index contributed by atoms with van der Waals surface area (Å²) < 4.78 is 0. The van der Waals surface area contributed by atoms with Crippen LogP contribution in [0.3, 0.4) is 0 Å². The molecule has 0 aromatic rings. The first-order chi connectivity index (χ1) is 34.2. The lowest BCUT2D eigenvalue weighted by atomic mass is 10.0. The summed E-state index contributed by atoms with van der Waals surface area (Å²) in [7, 11) is 0. The molecule has 0 aliphatic rings. The van der Waals surface area contributed by atoms with Gasteiger partial charge in [-0.3, -0.25) is 4.79 Å². The topological polar surface area (TPSA) is 69.6 Å². The van der Waals surface area contributed by atoms with Crippen LogP contribution in [0.4, 0.5) is 0 Å². The summed E-state index contributed by atoms with van der Waals surface area (Å²) in [5.41, 5.74) is 0. The highest BCUT2D eigenvalue weighted by Crippen LogP contribution is 2.17. The van der Waals surface area contributed by atoms with Gasteiger partial charge in [-0.2, -0.15) is 0 Å². The minimum absolute atomic E-state index is 0.0686. The van der Waals surface area contributed by atoms with Crippen molar-refractivity contribution in [2.24, 2.45) is 0 Å². The molecule has 400 valence electrons. The van der Waals surface area contributed by atoms with Crippen LogP contribution in [0.2, 0.25) is 0 Å². The van der Waals surface area contributed by atoms with Gasteiger partial charge >= 0.3 is 0 Å². The molecule has 4 nitrogen and oxygen atoms in total. The molecule has 69 heavy (non-hydrogen) atoms. The molecule has 4 heteroatoms. The molecule has 0 spiro atoms. The van der Waals surface area contributed by atoms with Gasteiger partial charge in [0.1, 0.15) is 0 Å². The number of aliphatic hydroxyl groups is 2. The van der Waals surface area contributed by atoms with Gasteiger partial charge in [-0.25, -0.2) is 0 Å². The van der Waals surface area contributed by atoms with Crippen molar-refractivity contribution in [1.82, 2.24) is 5.32 Å². The SMILES string of the molecule is CC/C=C\C/C=C\C/C=C\C/C=C\C/C=C\C/C=C\CCCCCCCCCCCCC(=O)NC(CO)C(O)/C=C/CCCCCCCCCCCCCCCCCCCCCCCCCCCC. The van der Waals surface area contributed by atoms with Crippen LogP contribution in [0, 0.1) is 0 Å². The van der Waals surface area contributed by atoms with Gasteiger partial charge < -0.3 is 15.5 Å². The zero-order valence-electron chi connectivity index (χ0n) is 46.1. The first kappa shape index (κ1) is 66.6. The standard InChI is InChI=1S/C65H117NO3/c1-3-5-7-9-11-13-15-17-19-21-23-25-27-29-31-33-35-37-39-41-43-45-47-49-51-53-55-57-59-61-65(69)66-63(62-67)64(68)60-58-56-54-52-50-48-46-44-42-40-38-36-34-32-30-28-26-24-22-20-18-16-14-12-10-8-6-4-2/h5,7,11,13,17,19,23,25,29,31,35,37,58,60,63-64,67-68H,3-4,6,8-10,12,14-16,18,20-22,24,26-28,30,32-34,36,38-57,59,61-62H2,1-2H3,(H,66,69)/b7-5-,13-11-,19-17-,25-23-,31-29-,37-35-,60-58+.